The highest BCUT2D eigenvalue weighted by atomic mass is 16.6. The molecule has 0 saturated carbocycles. The number of nitrogens with one attached hydrogen (secondary N) is 1. The van der Waals surface area contributed by atoms with E-state index in [0.29, 0.717) is 6.61 Å². The van der Waals surface area contributed by atoms with Crippen molar-refractivity contribution in [2.75, 3.05) is 13.7 Å². The number of carbonyl (C=O) groups excluding carboxylic acids is 2. The predicted molar refractivity (Wildman–Crippen MR) is 97.4 cm³/mol. The average Bonchev–Trinajstić information content (AvgIpc) is 2.66. The predicted octanol–water partition coefficient (Wildman–Crippen LogP) is 2.85. The Balaban J connectivity index is 2.18. The molecule has 0 saturated heterocycles. The Labute approximate surface area is 156 Å². The zero-order chi connectivity index (χ0) is 19.8. The second-order valence-corrected chi connectivity index (χ2v) is 5.68. The van der Waals surface area contributed by atoms with E-state index in [9.17, 15) is 19.7 Å². The normalized spacial score (nSPS) is 10.3. The van der Waals surface area contributed by atoms with Gasteiger partial charge in [0.15, 0.2) is 0 Å². The number of hydrogen-bond donors (Lipinski definition) is 1. The minimum atomic E-state index is -0.720. The Hall–Kier alpha value is -3.26. The van der Waals surface area contributed by atoms with E-state index in [0.717, 1.165) is 23.3 Å². The highest BCUT2D eigenvalue weighted by Crippen LogP contribution is 2.18. The molecule has 0 aliphatic heterocycles. The summed E-state index contributed by atoms with van der Waals surface area (Å²) >= 11 is 0. The summed E-state index contributed by atoms with van der Waals surface area (Å²) in [4.78, 5) is 34.7. The fourth-order valence-corrected chi connectivity index (χ4v) is 2.46. The first-order valence-corrected chi connectivity index (χ1v) is 8.26. The third-order valence-electron chi connectivity index (χ3n) is 3.66. The van der Waals surface area contributed by atoms with Gasteiger partial charge in [-0.05, 0) is 24.1 Å². The van der Waals surface area contributed by atoms with E-state index >= 15 is 0 Å². The summed E-state index contributed by atoms with van der Waals surface area (Å²) in [7, 11) is 1.60. The number of amides is 1. The van der Waals surface area contributed by atoms with Gasteiger partial charge in [0.2, 0.25) is 0 Å². The highest BCUT2D eigenvalue weighted by molar-refractivity contribution is 5.99. The van der Waals surface area contributed by atoms with Crippen molar-refractivity contribution in [3.63, 3.8) is 0 Å². The van der Waals surface area contributed by atoms with Gasteiger partial charge in [-0.15, -0.1) is 0 Å². The average molecular weight is 372 g/mol. The minimum absolute atomic E-state index is 0.0142. The molecular formula is C19H20N2O6. The fraction of sp³-hybridized carbons (Fsp3) is 0.263. The summed E-state index contributed by atoms with van der Waals surface area (Å²) in [5.74, 6) is -1.25. The van der Waals surface area contributed by atoms with Gasteiger partial charge in [0.25, 0.3) is 11.6 Å². The number of benzene rings is 2. The second-order valence-electron chi connectivity index (χ2n) is 5.68. The molecule has 2 aromatic rings. The van der Waals surface area contributed by atoms with Crippen LogP contribution in [0, 0.1) is 10.1 Å². The Morgan fingerprint density at radius 3 is 2.48 bits per heavy atom. The van der Waals surface area contributed by atoms with Crippen LogP contribution >= 0.6 is 0 Å². The maximum Gasteiger partial charge on any atom is 0.338 e. The zero-order valence-electron chi connectivity index (χ0n) is 15.1. The van der Waals surface area contributed by atoms with Gasteiger partial charge in [0.05, 0.1) is 23.7 Å². The van der Waals surface area contributed by atoms with Crippen molar-refractivity contribution >= 4 is 17.6 Å². The van der Waals surface area contributed by atoms with Crippen LogP contribution in [0.1, 0.15) is 38.8 Å². The van der Waals surface area contributed by atoms with Crippen LogP contribution in [-0.2, 0) is 22.6 Å². The number of ether oxygens (including phenoxy) is 2. The molecule has 0 fully saturated rings. The first-order valence-electron chi connectivity index (χ1n) is 8.26. The molecule has 0 aliphatic rings. The van der Waals surface area contributed by atoms with Crippen molar-refractivity contribution in [3.05, 3.63) is 74.8 Å². The van der Waals surface area contributed by atoms with Crippen molar-refractivity contribution in [2.24, 2.45) is 0 Å². The summed E-state index contributed by atoms with van der Waals surface area (Å²) in [6.45, 7) is 2.44. The van der Waals surface area contributed by atoms with E-state index in [-0.39, 0.29) is 30.0 Å². The van der Waals surface area contributed by atoms with Gasteiger partial charge < -0.3 is 14.8 Å². The standard InChI is InChI=1S/C19H20N2O6/c1-3-27-19(23)16-8-15(9-17(10-16)21(24)25)18(22)20-11-13-5-4-6-14(7-13)12-26-2/h4-10H,3,11-12H2,1-2H3,(H,20,22). The number of hydrogen-bond acceptors (Lipinski definition) is 6. The molecule has 2 aromatic carbocycles. The molecule has 8 nitrogen and oxygen atoms in total. The number of carbonyl (C=O) groups is 2. The monoisotopic (exact) mass is 372 g/mol. The molecule has 0 unspecified atom stereocenters. The van der Waals surface area contributed by atoms with E-state index in [4.69, 9.17) is 9.47 Å². The van der Waals surface area contributed by atoms with Crippen molar-refractivity contribution in [3.8, 4) is 0 Å². The van der Waals surface area contributed by atoms with E-state index < -0.39 is 16.8 Å². The lowest BCUT2D eigenvalue weighted by Gasteiger charge is -2.09. The lowest BCUT2D eigenvalue weighted by atomic mass is 10.1. The summed E-state index contributed by atoms with van der Waals surface area (Å²) in [5, 5.41) is 13.8. The van der Waals surface area contributed by atoms with Gasteiger partial charge in [-0.1, -0.05) is 24.3 Å². The number of nitro benzene ring substituents is 1. The van der Waals surface area contributed by atoms with Gasteiger partial charge in [0.1, 0.15) is 0 Å². The van der Waals surface area contributed by atoms with Crippen molar-refractivity contribution in [2.45, 2.75) is 20.1 Å². The molecule has 0 radical (unpaired) electrons. The maximum absolute atomic E-state index is 12.4. The van der Waals surface area contributed by atoms with Gasteiger partial charge >= 0.3 is 5.97 Å². The Bertz CT molecular complexity index is 850. The number of nitrogens with zero attached hydrogens (tertiary/aromatic N) is 1. The van der Waals surface area contributed by atoms with Gasteiger partial charge in [-0.3, -0.25) is 14.9 Å². The molecular weight excluding hydrogens is 352 g/mol. The first-order chi connectivity index (χ1) is 12.9. The van der Waals surface area contributed by atoms with Crippen molar-refractivity contribution < 1.29 is 24.0 Å². The van der Waals surface area contributed by atoms with Crippen LogP contribution in [0.25, 0.3) is 0 Å². The fourth-order valence-electron chi connectivity index (χ4n) is 2.46. The van der Waals surface area contributed by atoms with Crippen molar-refractivity contribution in [1.82, 2.24) is 5.32 Å². The topological polar surface area (TPSA) is 108 Å². The number of methoxy groups -OCH3 is 1. The summed E-state index contributed by atoms with van der Waals surface area (Å²) in [5.41, 5.74) is 1.43. The first kappa shape index (κ1) is 20.1. The minimum Gasteiger partial charge on any atom is -0.462 e. The summed E-state index contributed by atoms with van der Waals surface area (Å²) < 4.78 is 9.93. The number of non-ortho nitro benzene ring substituents is 1. The number of esters is 1. The van der Waals surface area contributed by atoms with E-state index in [1.165, 1.54) is 6.07 Å². The quantitative estimate of drug-likeness (QED) is 0.434. The van der Waals surface area contributed by atoms with E-state index in [2.05, 4.69) is 5.32 Å². The molecule has 27 heavy (non-hydrogen) atoms. The number of nitro groups is 1. The molecule has 1 amide bonds. The highest BCUT2D eigenvalue weighted by Gasteiger charge is 2.18. The molecule has 0 bridgehead atoms. The molecule has 2 rings (SSSR count). The van der Waals surface area contributed by atoms with E-state index in [1.807, 2.05) is 24.3 Å². The smallest absolute Gasteiger partial charge is 0.338 e. The zero-order valence-corrected chi connectivity index (χ0v) is 15.1. The number of rotatable bonds is 8. The van der Waals surface area contributed by atoms with Crippen LogP contribution in [0.15, 0.2) is 42.5 Å². The molecule has 0 spiro atoms. The second kappa shape index (κ2) is 9.44. The third kappa shape index (κ3) is 5.61. The van der Waals surface area contributed by atoms with Crippen LogP contribution in [0.4, 0.5) is 5.69 Å². The van der Waals surface area contributed by atoms with Gasteiger partial charge in [0, 0.05) is 31.4 Å². The van der Waals surface area contributed by atoms with Crippen LogP contribution in [0.2, 0.25) is 0 Å². The largest absolute Gasteiger partial charge is 0.462 e. The van der Waals surface area contributed by atoms with Crippen molar-refractivity contribution in [1.29, 1.82) is 0 Å². The molecule has 0 aromatic heterocycles. The molecule has 142 valence electrons. The van der Waals surface area contributed by atoms with Gasteiger partial charge in [-0.2, -0.15) is 0 Å². The molecule has 8 heteroatoms. The van der Waals surface area contributed by atoms with Gasteiger partial charge in [-0.25, -0.2) is 4.79 Å². The molecule has 0 atom stereocenters. The molecule has 1 N–H and O–H groups in total. The Morgan fingerprint density at radius 1 is 1.11 bits per heavy atom. The molecule has 0 aliphatic carbocycles. The maximum atomic E-state index is 12.4. The summed E-state index contributed by atoms with van der Waals surface area (Å²) in [6.07, 6.45) is 0. The SMILES string of the molecule is CCOC(=O)c1cc(C(=O)NCc2cccc(COC)c2)cc([N+](=O)[O-])c1. The van der Waals surface area contributed by atoms with E-state index in [1.54, 1.807) is 14.0 Å². The van der Waals surface area contributed by atoms with Crippen LogP contribution < -0.4 is 5.32 Å². The van der Waals surface area contributed by atoms with Crippen LogP contribution in [0.5, 0.6) is 0 Å². The third-order valence-corrected chi connectivity index (χ3v) is 3.66. The lowest BCUT2D eigenvalue weighted by molar-refractivity contribution is -0.384. The molecule has 0 heterocycles. The van der Waals surface area contributed by atoms with Crippen LogP contribution in [0.3, 0.4) is 0 Å². The lowest BCUT2D eigenvalue weighted by Crippen LogP contribution is -2.23. The van der Waals surface area contributed by atoms with Crippen LogP contribution in [-0.4, -0.2) is 30.5 Å². The Kier molecular flexibility index (Phi) is 7.01. The Morgan fingerprint density at radius 2 is 1.81 bits per heavy atom. The summed E-state index contributed by atoms with van der Waals surface area (Å²) in [6, 6.07) is 11.0.